The largest absolute Gasteiger partial charge is 1.00 e. The van der Waals surface area contributed by atoms with E-state index >= 15 is 0 Å². The number of carbonyl (C=O) groups excluding carboxylic acids is 1. The number of nitrogens with zero attached hydrogens (tertiary/aromatic N) is 4. The molecule has 0 bridgehead atoms. The van der Waals surface area contributed by atoms with Gasteiger partial charge in [0.05, 0.1) is 33.6 Å². The summed E-state index contributed by atoms with van der Waals surface area (Å²) in [6.07, 6.45) is 1.59. The predicted octanol–water partition coefficient (Wildman–Crippen LogP) is 0.209. The molecule has 9 heteroatoms. The second-order valence-electron chi connectivity index (χ2n) is 6.88. The number of rotatable bonds is 4. The Hall–Kier alpha value is -2.44. The molecule has 2 aromatic carbocycles. The molecule has 0 radical (unpaired) electrons. The number of benzene rings is 2. The average molecular weight is 428 g/mol. The van der Waals surface area contributed by atoms with E-state index < -0.39 is 16.5 Å². The van der Waals surface area contributed by atoms with Crippen LogP contribution in [0.15, 0.2) is 53.8 Å². The van der Waals surface area contributed by atoms with Crippen LogP contribution in [0.4, 0.5) is 4.39 Å². The van der Waals surface area contributed by atoms with E-state index in [1.807, 2.05) is 6.07 Å². The van der Waals surface area contributed by atoms with E-state index in [1.165, 1.54) is 19.9 Å². The Labute approximate surface area is 198 Å². The minimum absolute atomic E-state index is 0. The third-order valence-electron chi connectivity index (χ3n) is 4.57. The van der Waals surface area contributed by atoms with Crippen LogP contribution in [0.2, 0.25) is 0 Å². The van der Waals surface area contributed by atoms with Crippen molar-refractivity contribution >= 4 is 39.7 Å². The minimum Gasteiger partial charge on any atom is -0.549 e. The summed E-state index contributed by atoms with van der Waals surface area (Å²) in [6, 6.07) is 13.4. The molecule has 0 aliphatic rings. The van der Waals surface area contributed by atoms with Crippen molar-refractivity contribution < 1.29 is 43.8 Å². The van der Waals surface area contributed by atoms with E-state index in [1.54, 1.807) is 47.2 Å². The number of carboxylic acids is 1. The van der Waals surface area contributed by atoms with Gasteiger partial charge in [-0.3, -0.25) is 4.57 Å². The molecule has 0 spiro atoms. The van der Waals surface area contributed by atoms with E-state index in [0.29, 0.717) is 27.4 Å². The second-order valence-corrected chi connectivity index (χ2v) is 8.47. The second kappa shape index (κ2) is 8.36. The Balaban J connectivity index is 0.00000256. The summed E-state index contributed by atoms with van der Waals surface area (Å²) in [5, 5.41) is 22.1. The van der Waals surface area contributed by atoms with E-state index in [4.69, 9.17) is 0 Å². The molecule has 0 atom stereocenters. The van der Waals surface area contributed by atoms with Crippen LogP contribution in [-0.4, -0.2) is 25.3 Å². The van der Waals surface area contributed by atoms with Crippen molar-refractivity contribution in [1.29, 1.82) is 5.26 Å². The topological polar surface area (TPSA) is 94.6 Å². The van der Waals surface area contributed by atoms with Gasteiger partial charge in [-0.15, -0.1) is 0 Å². The quantitative estimate of drug-likeness (QED) is 0.341. The number of carbonyl (C=O) groups is 1. The summed E-state index contributed by atoms with van der Waals surface area (Å²) in [7, 11) is 0. The molecule has 2 aromatic heterocycles. The molecule has 144 valence electrons. The zero-order valence-corrected chi connectivity index (χ0v) is 19.3. The monoisotopic (exact) mass is 428 g/mol. The molecule has 0 N–H and O–H groups in total. The number of fused-ring (bicyclic) bond motifs is 2. The summed E-state index contributed by atoms with van der Waals surface area (Å²) < 4.78 is 15.0. The fourth-order valence-corrected chi connectivity index (χ4v) is 4.06. The van der Waals surface area contributed by atoms with Crippen LogP contribution in [0.25, 0.3) is 27.6 Å². The summed E-state index contributed by atoms with van der Waals surface area (Å²) in [4.78, 5) is 20.3. The van der Waals surface area contributed by atoms with Gasteiger partial charge in [0.2, 0.25) is 0 Å². The zero-order chi connectivity index (χ0) is 20.8. The summed E-state index contributed by atoms with van der Waals surface area (Å²) in [6.45, 7) is 3.06. The molecule has 6 nitrogen and oxygen atoms in total. The molecule has 30 heavy (non-hydrogen) atoms. The van der Waals surface area contributed by atoms with Gasteiger partial charge < -0.3 is 9.90 Å². The van der Waals surface area contributed by atoms with Gasteiger partial charge in [-0.2, -0.15) is 5.26 Å². The summed E-state index contributed by atoms with van der Waals surface area (Å²) in [5.74, 6) is -1.74. The smallest absolute Gasteiger partial charge is 0.549 e. The van der Waals surface area contributed by atoms with Crippen LogP contribution in [0.5, 0.6) is 0 Å². The Morgan fingerprint density at radius 3 is 2.70 bits per heavy atom. The molecule has 4 aromatic rings. The van der Waals surface area contributed by atoms with Crippen molar-refractivity contribution in [2.24, 2.45) is 0 Å². The van der Waals surface area contributed by atoms with Crippen LogP contribution < -0.4 is 34.7 Å². The number of thioether (sulfide) groups is 1. The first kappa shape index (κ1) is 22.2. The van der Waals surface area contributed by atoms with Gasteiger partial charge in [-0.25, -0.2) is 14.4 Å². The van der Waals surface area contributed by atoms with Crippen molar-refractivity contribution in [2.45, 2.75) is 23.8 Å². The van der Waals surface area contributed by atoms with Crippen molar-refractivity contribution in [3.63, 3.8) is 0 Å². The summed E-state index contributed by atoms with van der Waals surface area (Å²) >= 11 is 1.01. The fourth-order valence-electron chi connectivity index (χ4n) is 3.10. The van der Waals surface area contributed by atoms with E-state index in [2.05, 4.69) is 9.97 Å². The van der Waals surface area contributed by atoms with E-state index in [9.17, 15) is 19.6 Å². The molecule has 2 heterocycles. The molecule has 0 unspecified atom stereocenters. The zero-order valence-electron chi connectivity index (χ0n) is 16.5. The molecule has 0 aliphatic heterocycles. The molecule has 0 saturated carbocycles. The Morgan fingerprint density at radius 1 is 1.23 bits per heavy atom. The van der Waals surface area contributed by atoms with E-state index in [0.717, 1.165) is 11.8 Å². The standard InChI is InChI=1S/C21H15FN4O2S.Na/c1-21(2,19(27)28)29-20-25-18-16(7-4-10-24-18)26(20)15-9-8-12(11-23)17-13(15)5-3-6-14(17)22;/h3-10H,1-2H3,(H,27,28);/q;+1/p-1. The number of hydrogen-bond donors (Lipinski definition) is 0. The number of carboxylic acid groups (broad SMARTS) is 1. The number of aromatic nitrogens is 3. The first-order valence-electron chi connectivity index (χ1n) is 8.69. The van der Waals surface area contributed by atoms with Gasteiger partial charge in [-0.1, -0.05) is 23.9 Å². The van der Waals surface area contributed by atoms with Crippen LogP contribution in [-0.2, 0) is 4.79 Å². The van der Waals surface area contributed by atoms with Crippen molar-refractivity contribution in [1.82, 2.24) is 14.5 Å². The maximum Gasteiger partial charge on any atom is 1.00 e. The number of pyridine rings is 1. The predicted molar refractivity (Wildman–Crippen MR) is 106 cm³/mol. The Morgan fingerprint density at radius 2 is 2.00 bits per heavy atom. The maximum atomic E-state index is 14.6. The fraction of sp³-hybridized carbons (Fsp3) is 0.143. The first-order valence-corrected chi connectivity index (χ1v) is 9.51. The number of aliphatic carboxylic acids is 1. The first-order chi connectivity index (χ1) is 13.8. The molecule has 0 fully saturated rings. The molecular formula is C21H14FN4NaO2S. The Kier molecular flexibility index (Phi) is 6.20. The van der Waals surface area contributed by atoms with Gasteiger partial charge in [0.1, 0.15) is 5.82 Å². The third-order valence-corrected chi connectivity index (χ3v) is 5.70. The average Bonchev–Trinajstić information content (AvgIpc) is 3.04. The molecular weight excluding hydrogens is 414 g/mol. The van der Waals surface area contributed by atoms with E-state index in [-0.39, 0.29) is 40.5 Å². The SMILES string of the molecule is CC(C)(Sc1nc2ncccc2n1-c1ccc(C#N)c2c(F)cccc12)C(=O)[O-].[Na+]. The third kappa shape index (κ3) is 3.70. The normalized spacial score (nSPS) is 11.3. The molecule has 0 saturated heterocycles. The van der Waals surface area contributed by atoms with Crippen LogP contribution in [0.1, 0.15) is 19.4 Å². The molecule has 0 amide bonds. The van der Waals surface area contributed by atoms with Gasteiger partial charge in [0.15, 0.2) is 10.8 Å². The molecule has 4 rings (SSSR count). The van der Waals surface area contributed by atoms with Crippen molar-refractivity contribution in [2.75, 3.05) is 0 Å². The van der Waals surface area contributed by atoms with Gasteiger partial charge in [0.25, 0.3) is 0 Å². The number of imidazole rings is 1. The van der Waals surface area contributed by atoms with Crippen LogP contribution >= 0.6 is 11.8 Å². The maximum absolute atomic E-state index is 14.6. The van der Waals surface area contributed by atoms with Gasteiger partial charge >= 0.3 is 29.6 Å². The minimum atomic E-state index is -1.26. The van der Waals surface area contributed by atoms with Gasteiger partial charge in [-0.05, 0) is 44.2 Å². The number of nitriles is 1. The van der Waals surface area contributed by atoms with Crippen LogP contribution in [0, 0.1) is 17.1 Å². The Bertz CT molecular complexity index is 1330. The number of halogens is 1. The molecule has 0 aliphatic carbocycles. The van der Waals surface area contributed by atoms with Crippen molar-refractivity contribution in [3.8, 4) is 11.8 Å². The summed E-state index contributed by atoms with van der Waals surface area (Å²) in [5.41, 5.74) is 1.86. The number of hydrogen-bond acceptors (Lipinski definition) is 6. The van der Waals surface area contributed by atoms with Crippen LogP contribution in [0.3, 0.4) is 0 Å². The van der Waals surface area contributed by atoms with Crippen molar-refractivity contribution in [3.05, 3.63) is 60.0 Å². The van der Waals surface area contributed by atoms with Gasteiger partial charge in [0, 0.05) is 17.0 Å².